The van der Waals surface area contributed by atoms with Gasteiger partial charge in [0.2, 0.25) is 0 Å². The first kappa shape index (κ1) is 9.43. The van der Waals surface area contributed by atoms with Gasteiger partial charge in [-0.2, -0.15) is 0 Å². The quantitative estimate of drug-likeness (QED) is 0.310. The fraction of sp³-hybridized carbons (Fsp3) is 0.714. The topological polar surface area (TPSA) is 9.23 Å². The zero-order valence-electron chi connectivity index (χ0n) is 5.77. The van der Waals surface area contributed by atoms with Crippen LogP contribution >= 0.6 is 22.6 Å². The lowest BCUT2D eigenvalue weighted by Crippen LogP contribution is -1.80. The SMILES string of the molecule is COC/C=C/CCCI. The van der Waals surface area contributed by atoms with Crippen LogP contribution in [0, 0.1) is 0 Å². The summed E-state index contributed by atoms with van der Waals surface area (Å²) in [7, 11) is 1.71. The third kappa shape index (κ3) is 8.43. The van der Waals surface area contributed by atoms with Crippen molar-refractivity contribution < 1.29 is 4.74 Å². The first-order valence-electron chi connectivity index (χ1n) is 3.11. The van der Waals surface area contributed by atoms with Crippen LogP contribution in [0.1, 0.15) is 12.8 Å². The Hall–Kier alpha value is 0.430. The molecule has 0 heterocycles. The molecule has 54 valence electrons. The third-order valence-corrected chi connectivity index (χ3v) is 1.70. The zero-order chi connectivity index (χ0) is 6.95. The van der Waals surface area contributed by atoms with Gasteiger partial charge in [-0.25, -0.2) is 0 Å². The van der Waals surface area contributed by atoms with Gasteiger partial charge in [0.15, 0.2) is 0 Å². The molecule has 0 saturated carbocycles. The monoisotopic (exact) mass is 240 g/mol. The van der Waals surface area contributed by atoms with Crippen molar-refractivity contribution in [3.05, 3.63) is 12.2 Å². The molecular formula is C7H13IO. The molecule has 0 aromatic carbocycles. The molecule has 0 aromatic heterocycles. The van der Waals surface area contributed by atoms with Crippen LogP contribution in [0.4, 0.5) is 0 Å². The maximum atomic E-state index is 4.83. The average Bonchev–Trinajstić information content (AvgIpc) is 1.89. The van der Waals surface area contributed by atoms with Gasteiger partial charge < -0.3 is 4.74 Å². The van der Waals surface area contributed by atoms with Crippen molar-refractivity contribution in [1.29, 1.82) is 0 Å². The molecule has 0 bridgehead atoms. The molecule has 0 aliphatic rings. The number of methoxy groups -OCH3 is 1. The summed E-state index contributed by atoms with van der Waals surface area (Å²) < 4.78 is 6.08. The first-order chi connectivity index (χ1) is 4.41. The molecule has 0 aromatic rings. The van der Waals surface area contributed by atoms with Crippen LogP contribution in [0.2, 0.25) is 0 Å². The Labute approximate surface area is 70.6 Å². The lowest BCUT2D eigenvalue weighted by molar-refractivity contribution is 0.233. The van der Waals surface area contributed by atoms with Gasteiger partial charge in [0.1, 0.15) is 0 Å². The van der Waals surface area contributed by atoms with E-state index in [1.165, 1.54) is 17.3 Å². The largest absolute Gasteiger partial charge is 0.381 e. The van der Waals surface area contributed by atoms with Crippen LogP contribution in [0.5, 0.6) is 0 Å². The minimum atomic E-state index is 0.751. The van der Waals surface area contributed by atoms with Crippen molar-refractivity contribution in [2.24, 2.45) is 0 Å². The molecular weight excluding hydrogens is 227 g/mol. The molecule has 0 atom stereocenters. The third-order valence-electron chi connectivity index (χ3n) is 0.934. The normalized spacial score (nSPS) is 10.9. The number of ether oxygens (including phenoxy) is 1. The number of rotatable bonds is 5. The Morgan fingerprint density at radius 1 is 1.44 bits per heavy atom. The highest BCUT2D eigenvalue weighted by Crippen LogP contribution is 1.94. The molecule has 9 heavy (non-hydrogen) atoms. The maximum Gasteiger partial charge on any atom is 0.0643 e. The number of hydrogen-bond acceptors (Lipinski definition) is 1. The van der Waals surface area contributed by atoms with Gasteiger partial charge in [-0.1, -0.05) is 34.7 Å². The second-order valence-corrected chi connectivity index (χ2v) is 2.84. The number of allylic oxidation sites excluding steroid dienone is 1. The lowest BCUT2D eigenvalue weighted by Gasteiger charge is -1.88. The smallest absolute Gasteiger partial charge is 0.0643 e. The van der Waals surface area contributed by atoms with Crippen molar-refractivity contribution in [3.63, 3.8) is 0 Å². The minimum Gasteiger partial charge on any atom is -0.381 e. The zero-order valence-corrected chi connectivity index (χ0v) is 7.93. The van der Waals surface area contributed by atoms with E-state index < -0.39 is 0 Å². The Morgan fingerprint density at radius 3 is 2.78 bits per heavy atom. The van der Waals surface area contributed by atoms with Crippen LogP contribution in [0.15, 0.2) is 12.2 Å². The molecule has 0 rings (SSSR count). The fourth-order valence-corrected chi connectivity index (χ4v) is 0.918. The molecule has 0 spiro atoms. The van der Waals surface area contributed by atoms with Crippen molar-refractivity contribution >= 4 is 22.6 Å². The van der Waals surface area contributed by atoms with E-state index in [9.17, 15) is 0 Å². The van der Waals surface area contributed by atoms with Crippen molar-refractivity contribution in [2.45, 2.75) is 12.8 Å². The second-order valence-electron chi connectivity index (χ2n) is 1.76. The van der Waals surface area contributed by atoms with E-state index in [4.69, 9.17) is 4.74 Å². The second kappa shape index (κ2) is 8.43. The highest BCUT2D eigenvalue weighted by molar-refractivity contribution is 14.1. The van der Waals surface area contributed by atoms with Crippen LogP contribution < -0.4 is 0 Å². The minimum absolute atomic E-state index is 0.751. The van der Waals surface area contributed by atoms with E-state index in [0.717, 1.165) is 6.61 Å². The molecule has 0 radical (unpaired) electrons. The Balaban J connectivity index is 2.86. The fourth-order valence-electron chi connectivity index (χ4n) is 0.477. The molecule has 0 saturated heterocycles. The summed E-state index contributed by atoms with van der Waals surface area (Å²) in [5.74, 6) is 0. The Morgan fingerprint density at radius 2 is 2.22 bits per heavy atom. The average molecular weight is 240 g/mol. The Bertz CT molecular complexity index is 71.3. The van der Waals surface area contributed by atoms with Crippen LogP contribution in [-0.4, -0.2) is 18.1 Å². The van der Waals surface area contributed by atoms with Crippen LogP contribution in [0.3, 0.4) is 0 Å². The molecule has 0 aliphatic carbocycles. The van der Waals surface area contributed by atoms with Gasteiger partial charge in [0.25, 0.3) is 0 Å². The summed E-state index contributed by atoms with van der Waals surface area (Å²) >= 11 is 2.38. The molecule has 1 nitrogen and oxygen atoms in total. The first-order valence-corrected chi connectivity index (χ1v) is 4.64. The summed E-state index contributed by atoms with van der Waals surface area (Å²) in [6.45, 7) is 0.751. The lowest BCUT2D eigenvalue weighted by atomic mass is 10.3. The summed E-state index contributed by atoms with van der Waals surface area (Å²) in [6, 6.07) is 0. The van der Waals surface area contributed by atoms with Crippen LogP contribution in [-0.2, 0) is 4.74 Å². The molecule has 2 heteroatoms. The number of halogens is 1. The van der Waals surface area contributed by atoms with E-state index in [1.807, 2.05) is 0 Å². The standard InChI is InChI=1S/C7H13IO/c1-9-7-5-3-2-4-6-8/h3,5H,2,4,6-7H2,1H3/b5-3+. The van der Waals surface area contributed by atoms with Crippen molar-refractivity contribution in [3.8, 4) is 0 Å². The summed E-state index contributed by atoms with van der Waals surface area (Å²) in [6.07, 6.45) is 6.70. The number of alkyl halides is 1. The molecule has 0 fully saturated rings. The molecule has 0 unspecified atom stereocenters. The van der Waals surface area contributed by atoms with Gasteiger partial charge in [0.05, 0.1) is 6.61 Å². The Kier molecular flexibility index (Phi) is 8.83. The van der Waals surface area contributed by atoms with E-state index in [2.05, 4.69) is 34.7 Å². The predicted octanol–water partition coefficient (Wildman–Crippen LogP) is 2.40. The van der Waals surface area contributed by atoms with E-state index in [-0.39, 0.29) is 0 Å². The van der Waals surface area contributed by atoms with Gasteiger partial charge in [-0.3, -0.25) is 0 Å². The van der Waals surface area contributed by atoms with E-state index in [1.54, 1.807) is 7.11 Å². The predicted molar refractivity (Wildman–Crippen MR) is 49.1 cm³/mol. The molecule has 0 aliphatic heterocycles. The van der Waals surface area contributed by atoms with E-state index >= 15 is 0 Å². The van der Waals surface area contributed by atoms with Crippen LogP contribution in [0.25, 0.3) is 0 Å². The van der Waals surface area contributed by atoms with Crippen molar-refractivity contribution in [1.82, 2.24) is 0 Å². The van der Waals surface area contributed by atoms with Gasteiger partial charge >= 0.3 is 0 Å². The van der Waals surface area contributed by atoms with Gasteiger partial charge in [-0.15, -0.1) is 0 Å². The van der Waals surface area contributed by atoms with Gasteiger partial charge in [-0.05, 0) is 17.3 Å². The summed E-state index contributed by atoms with van der Waals surface area (Å²) in [5, 5.41) is 0. The maximum absolute atomic E-state index is 4.83. The molecule has 0 amide bonds. The van der Waals surface area contributed by atoms with E-state index in [0.29, 0.717) is 0 Å². The summed E-state index contributed by atoms with van der Waals surface area (Å²) in [5.41, 5.74) is 0. The van der Waals surface area contributed by atoms with Crippen molar-refractivity contribution in [2.75, 3.05) is 18.1 Å². The summed E-state index contributed by atoms with van der Waals surface area (Å²) in [4.78, 5) is 0. The highest BCUT2D eigenvalue weighted by atomic mass is 127. The van der Waals surface area contributed by atoms with Gasteiger partial charge in [0, 0.05) is 7.11 Å². The number of unbranched alkanes of at least 4 members (excludes halogenated alkanes) is 1. The number of hydrogen-bond donors (Lipinski definition) is 0. The molecule has 0 N–H and O–H groups in total. The highest BCUT2D eigenvalue weighted by Gasteiger charge is 1.77.